The molecule has 0 fully saturated rings. The maximum absolute atomic E-state index is 12.0. The van der Waals surface area contributed by atoms with Crippen molar-refractivity contribution in [2.45, 2.75) is 4.90 Å². The van der Waals surface area contributed by atoms with Gasteiger partial charge in [-0.05, 0) is 48.1 Å². The molecule has 2 aromatic carbocycles. The maximum atomic E-state index is 12.0. The Morgan fingerprint density at radius 1 is 1.04 bits per heavy atom. The molecule has 0 aromatic heterocycles. The fraction of sp³-hybridized carbons (Fsp3) is 0.111. The van der Waals surface area contributed by atoms with E-state index in [9.17, 15) is 13.2 Å². The van der Waals surface area contributed by atoms with Crippen LogP contribution in [0.25, 0.3) is 6.08 Å². The maximum Gasteiger partial charge on any atom is 0.250 e. The Bertz CT molecular complexity index is 906. The van der Waals surface area contributed by atoms with Crippen molar-refractivity contribution in [3.63, 3.8) is 0 Å². The van der Waals surface area contributed by atoms with Crippen molar-refractivity contribution < 1.29 is 13.2 Å². The van der Waals surface area contributed by atoms with Crippen LogP contribution in [0.5, 0.6) is 0 Å². The van der Waals surface area contributed by atoms with Crippen molar-refractivity contribution in [1.82, 2.24) is 9.62 Å². The topological polar surface area (TPSA) is 78.5 Å². The van der Waals surface area contributed by atoms with E-state index in [0.717, 1.165) is 9.87 Å². The zero-order chi connectivity index (χ0) is 19.2. The zero-order valence-electron chi connectivity index (χ0n) is 14.3. The first kappa shape index (κ1) is 19.8. The minimum atomic E-state index is -3.48. The number of nitrogens with one attached hydrogen (secondary N) is 2. The minimum Gasteiger partial charge on any atom is -0.332 e. The van der Waals surface area contributed by atoms with Gasteiger partial charge in [0.1, 0.15) is 0 Å². The third-order valence-corrected chi connectivity index (χ3v) is 5.39. The number of amides is 1. The number of nitrogens with zero attached hydrogens (tertiary/aromatic N) is 1. The number of carbonyl (C=O) groups is 1. The molecule has 0 radical (unpaired) electrons. The highest BCUT2D eigenvalue weighted by Gasteiger charge is 2.16. The van der Waals surface area contributed by atoms with Gasteiger partial charge >= 0.3 is 0 Å². The lowest BCUT2D eigenvalue weighted by atomic mass is 10.2. The fourth-order valence-electron chi connectivity index (χ4n) is 1.97. The molecule has 0 aliphatic rings. The summed E-state index contributed by atoms with van der Waals surface area (Å²) in [5.41, 5.74) is 1.47. The van der Waals surface area contributed by atoms with Crippen LogP contribution in [0.2, 0.25) is 0 Å². The Morgan fingerprint density at radius 2 is 1.65 bits per heavy atom. The summed E-state index contributed by atoms with van der Waals surface area (Å²) in [4.78, 5) is 12.0. The molecule has 0 spiro atoms. The van der Waals surface area contributed by atoms with Crippen LogP contribution in [0, 0.1) is 0 Å². The van der Waals surface area contributed by atoms with E-state index >= 15 is 0 Å². The molecule has 0 unspecified atom stereocenters. The Labute approximate surface area is 158 Å². The highest BCUT2D eigenvalue weighted by Crippen LogP contribution is 2.16. The molecule has 0 saturated heterocycles. The highest BCUT2D eigenvalue weighted by molar-refractivity contribution is 7.89. The predicted octanol–water partition coefficient (Wildman–Crippen LogP) is 2.46. The average Bonchev–Trinajstić information content (AvgIpc) is 2.61. The van der Waals surface area contributed by atoms with Crippen molar-refractivity contribution in [3.05, 3.63) is 66.2 Å². The molecule has 0 saturated carbocycles. The molecule has 26 heavy (non-hydrogen) atoms. The van der Waals surface area contributed by atoms with E-state index in [1.54, 1.807) is 18.2 Å². The second kappa shape index (κ2) is 8.70. The van der Waals surface area contributed by atoms with Crippen LogP contribution in [0.4, 0.5) is 5.69 Å². The highest BCUT2D eigenvalue weighted by atomic mass is 32.2. The lowest BCUT2D eigenvalue weighted by Gasteiger charge is -2.12. The number of rotatable bonds is 5. The summed E-state index contributed by atoms with van der Waals surface area (Å²) in [7, 11) is -0.546. The normalized spacial score (nSPS) is 11.5. The summed E-state index contributed by atoms with van der Waals surface area (Å²) in [5.74, 6) is -0.363. The van der Waals surface area contributed by atoms with Crippen LogP contribution >= 0.6 is 12.2 Å². The Balaban J connectivity index is 1.93. The van der Waals surface area contributed by atoms with E-state index in [-0.39, 0.29) is 15.9 Å². The van der Waals surface area contributed by atoms with Gasteiger partial charge in [0.25, 0.3) is 0 Å². The van der Waals surface area contributed by atoms with E-state index in [4.69, 9.17) is 12.2 Å². The number of benzene rings is 2. The summed E-state index contributed by atoms with van der Waals surface area (Å²) in [6, 6.07) is 15.5. The van der Waals surface area contributed by atoms with Crippen LogP contribution in [0.15, 0.2) is 65.6 Å². The molecular weight excluding hydrogens is 370 g/mol. The fourth-order valence-corrected chi connectivity index (χ4v) is 3.09. The zero-order valence-corrected chi connectivity index (χ0v) is 16.0. The number of sulfonamides is 1. The Hall–Kier alpha value is -2.55. The third-order valence-electron chi connectivity index (χ3n) is 3.35. The smallest absolute Gasteiger partial charge is 0.250 e. The second-order valence-electron chi connectivity index (χ2n) is 5.50. The van der Waals surface area contributed by atoms with Gasteiger partial charge in [-0.3, -0.25) is 10.1 Å². The largest absolute Gasteiger partial charge is 0.332 e. The molecule has 2 aromatic rings. The summed E-state index contributed by atoms with van der Waals surface area (Å²) in [5, 5.41) is 5.49. The number of hydrogen-bond donors (Lipinski definition) is 2. The predicted molar refractivity (Wildman–Crippen MR) is 107 cm³/mol. The summed E-state index contributed by atoms with van der Waals surface area (Å²) in [6.45, 7) is 0. The van der Waals surface area contributed by atoms with Crippen molar-refractivity contribution in [2.75, 3.05) is 19.4 Å². The lowest BCUT2D eigenvalue weighted by molar-refractivity contribution is -0.115. The molecule has 0 aliphatic carbocycles. The van der Waals surface area contributed by atoms with Gasteiger partial charge in [-0.15, -0.1) is 0 Å². The van der Waals surface area contributed by atoms with Crippen LogP contribution < -0.4 is 10.6 Å². The van der Waals surface area contributed by atoms with Gasteiger partial charge in [-0.25, -0.2) is 12.7 Å². The number of thiocarbonyl (C=S) groups is 1. The van der Waals surface area contributed by atoms with Crippen molar-refractivity contribution in [1.29, 1.82) is 0 Å². The monoisotopic (exact) mass is 389 g/mol. The molecule has 2 N–H and O–H groups in total. The van der Waals surface area contributed by atoms with Gasteiger partial charge < -0.3 is 5.32 Å². The van der Waals surface area contributed by atoms with E-state index < -0.39 is 10.0 Å². The van der Waals surface area contributed by atoms with Gasteiger partial charge in [-0.2, -0.15) is 0 Å². The number of carbonyl (C=O) groups excluding carboxylic acids is 1. The quantitative estimate of drug-likeness (QED) is 0.607. The van der Waals surface area contributed by atoms with Crippen LogP contribution in [-0.4, -0.2) is 37.8 Å². The average molecular weight is 390 g/mol. The molecule has 0 bridgehead atoms. The Kier molecular flexibility index (Phi) is 6.62. The molecule has 8 heteroatoms. The van der Waals surface area contributed by atoms with E-state index in [1.807, 2.05) is 30.3 Å². The minimum absolute atomic E-state index is 0.121. The Morgan fingerprint density at radius 3 is 2.23 bits per heavy atom. The molecular formula is C18H19N3O3S2. The summed E-state index contributed by atoms with van der Waals surface area (Å²) in [6.07, 6.45) is 3.06. The molecule has 0 atom stereocenters. The van der Waals surface area contributed by atoms with Gasteiger partial charge in [0.05, 0.1) is 4.90 Å². The van der Waals surface area contributed by atoms with Gasteiger partial charge in [0.15, 0.2) is 5.11 Å². The van der Waals surface area contributed by atoms with Crippen LogP contribution in [-0.2, 0) is 14.8 Å². The molecule has 136 valence electrons. The van der Waals surface area contributed by atoms with Crippen LogP contribution in [0.3, 0.4) is 0 Å². The first-order chi connectivity index (χ1) is 12.3. The first-order valence-electron chi connectivity index (χ1n) is 7.67. The van der Waals surface area contributed by atoms with Gasteiger partial charge in [-0.1, -0.05) is 30.3 Å². The van der Waals surface area contributed by atoms with Crippen molar-refractivity contribution in [3.8, 4) is 0 Å². The molecule has 1 amide bonds. The molecule has 6 nitrogen and oxygen atoms in total. The van der Waals surface area contributed by atoms with Crippen molar-refractivity contribution in [2.24, 2.45) is 0 Å². The van der Waals surface area contributed by atoms with E-state index in [0.29, 0.717) is 5.69 Å². The van der Waals surface area contributed by atoms with Gasteiger partial charge in [0, 0.05) is 25.9 Å². The van der Waals surface area contributed by atoms with Gasteiger partial charge in [0.2, 0.25) is 15.9 Å². The standard InChI is InChI=1S/C18H19N3O3S2/c1-21(2)26(23,24)16-11-9-15(10-12-16)19-18(25)20-17(22)13-8-14-6-4-3-5-7-14/h3-13H,1-2H3,(H2,19,20,22,25)/b13-8+. The van der Waals surface area contributed by atoms with E-state index in [2.05, 4.69) is 10.6 Å². The van der Waals surface area contributed by atoms with Crippen molar-refractivity contribution >= 4 is 45.0 Å². The van der Waals surface area contributed by atoms with E-state index in [1.165, 1.54) is 32.3 Å². The summed E-state index contributed by atoms with van der Waals surface area (Å²) < 4.78 is 25.2. The third kappa shape index (κ3) is 5.48. The SMILES string of the molecule is CN(C)S(=O)(=O)c1ccc(NC(=S)NC(=O)/C=C/c2ccccc2)cc1. The number of anilines is 1. The second-order valence-corrected chi connectivity index (χ2v) is 8.06. The molecule has 2 rings (SSSR count). The van der Waals surface area contributed by atoms with Crippen LogP contribution in [0.1, 0.15) is 5.56 Å². The lowest BCUT2D eigenvalue weighted by Crippen LogP contribution is -2.32. The summed E-state index contributed by atoms with van der Waals surface area (Å²) >= 11 is 5.09. The first-order valence-corrected chi connectivity index (χ1v) is 9.51. The molecule has 0 heterocycles. The molecule has 0 aliphatic heterocycles. The number of hydrogen-bond acceptors (Lipinski definition) is 4.